The largest absolute Gasteiger partial charge is 0.293 e. The molecule has 0 atom stereocenters. The molecule has 2 aromatic carbocycles. The number of tetrazole rings is 1. The van der Waals surface area contributed by atoms with Crippen LogP contribution in [0, 0.1) is 19.7 Å². The molecule has 0 spiro atoms. The normalized spacial score (nSPS) is 10.8. The maximum Gasteiger partial charge on any atom is 0.214 e. The van der Waals surface area contributed by atoms with Crippen molar-refractivity contribution in [3.05, 3.63) is 65.0 Å². The van der Waals surface area contributed by atoms with Crippen molar-refractivity contribution < 1.29 is 9.18 Å². The lowest BCUT2D eigenvalue weighted by Gasteiger charge is -2.06. The van der Waals surface area contributed by atoms with E-state index < -0.39 is 0 Å². The zero-order valence-electron chi connectivity index (χ0n) is 13.2. The van der Waals surface area contributed by atoms with Crippen molar-refractivity contribution in [2.75, 3.05) is 5.75 Å². The highest BCUT2D eigenvalue weighted by molar-refractivity contribution is 7.99. The van der Waals surface area contributed by atoms with Crippen LogP contribution in [-0.2, 0) is 0 Å². The van der Waals surface area contributed by atoms with Crippen molar-refractivity contribution in [1.82, 2.24) is 20.2 Å². The van der Waals surface area contributed by atoms with Gasteiger partial charge in [0.1, 0.15) is 5.82 Å². The molecule has 0 saturated carbocycles. The van der Waals surface area contributed by atoms with Gasteiger partial charge >= 0.3 is 0 Å². The third-order valence-electron chi connectivity index (χ3n) is 3.51. The second-order valence-electron chi connectivity index (χ2n) is 5.38. The summed E-state index contributed by atoms with van der Waals surface area (Å²) in [6, 6.07) is 11.7. The van der Waals surface area contributed by atoms with Gasteiger partial charge in [0.25, 0.3) is 0 Å². The van der Waals surface area contributed by atoms with Crippen LogP contribution in [-0.4, -0.2) is 31.7 Å². The van der Waals surface area contributed by atoms with Crippen molar-refractivity contribution in [1.29, 1.82) is 0 Å². The molecule has 0 amide bonds. The highest BCUT2D eigenvalue weighted by atomic mass is 32.2. The molecular weight excluding hydrogens is 327 g/mol. The topological polar surface area (TPSA) is 60.7 Å². The molecule has 0 aliphatic carbocycles. The number of hydrogen-bond acceptors (Lipinski definition) is 5. The minimum atomic E-state index is -0.370. The summed E-state index contributed by atoms with van der Waals surface area (Å²) in [5.41, 5.74) is 3.27. The standard InChI is InChI=1S/C17H15FN4OS/c1-11-6-7-15(12(2)8-11)16(23)10-24-17-19-20-21-22(17)14-5-3-4-13(18)9-14/h3-9H,10H2,1-2H3. The molecule has 5 nitrogen and oxygen atoms in total. The molecule has 0 N–H and O–H groups in total. The summed E-state index contributed by atoms with van der Waals surface area (Å²) in [5, 5.41) is 11.8. The number of halogens is 1. The lowest BCUT2D eigenvalue weighted by Crippen LogP contribution is -2.07. The number of Topliss-reactive ketones (excluding diaryl/α,β-unsaturated/α-hetero) is 1. The average Bonchev–Trinajstić information content (AvgIpc) is 3.01. The molecule has 122 valence electrons. The molecule has 0 bridgehead atoms. The van der Waals surface area contributed by atoms with Crippen LogP contribution >= 0.6 is 11.8 Å². The van der Waals surface area contributed by atoms with Gasteiger partial charge in [0.2, 0.25) is 5.16 Å². The monoisotopic (exact) mass is 342 g/mol. The Bertz CT molecular complexity index is 894. The van der Waals surface area contributed by atoms with Gasteiger partial charge in [-0.25, -0.2) is 4.39 Å². The Labute approximate surface area is 142 Å². The first-order valence-electron chi connectivity index (χ1n) is 7.32. The summed E-state index contributed by atoms with van der Waals surface area (Å²) in [5.74, 6) is -0.156. The number of carbonyl (C=O) groups excluding carboxylic acids is 1. The van der Waals surface area contributed by atoms with Gasteiger partial charge in [-0.15, -0.1) is 5.10 Å². The SMILES string of the molecule is Cc1ccc(C(=O)CSc2nnnn2-c2cccc(F)c2)c(C)c1. The molecule has 0 aliphatic heterocycles. The number of benzene rings is 2. The van der Waals surface area contributed by atoms with Crippen molar-refractivity contribution in [2.45, 2.75) is 19.0 Å². The van der Waals surface area contributed by atoms with Gasteiger partial charge < -0.3 is 0 Å². The third kappa shape index (κ3) is 3.51. The molecule has 0 aliphatic rings. The van der Waals surface area contributed by atoms with Crippen molar-refractivity contribution in [3.8, 4) is 5.69 Å². The minimum absolute atomic E-state index is 0.00583. The van der Waals surface area contributed by atoms with E-state index in [1.807, 2.05) is 32.0 Å². The summed E-state index contributed by atoms with van der Waals surface area (Å²) in [6.07, 6.45) is 0. The first-order valence-corrected chi connectivity index (χ1v) is 8.31. The van der Waals surface area contributed by atoms with E-state index in [1.54, 1.807) is 12.1 Å². The average molecular weight is 342 g/mol. The summed E-state index contributed by atoms with van der Waals surface area (Å²) in [7, 11) is 0. The number of rotatable bonds is 5. The Morgan fingerprint density at radius 2 is 2.04 bits per heavy atom. The Morgan fingerprint density at radius 3 is 2.79 bits per heavy atom. The second kappa shape index (κ2) is 6.92. The number of carbonyl (C=O) groups is 1. The molecule has 0 unspecified atom stereocenters. The van der Waals surface area contributed by atoms with Gasteiger partial charge in [-0.2, -0.15) is 4.68 Å². The molecule has 0 fully saturated rings. The highest BCUT2D eigenvalue weighted by Gasteiger charge is 2.14. The van der Waals surface area contributed by atoms with Crippen LogP contribution in [0.4, 0.5) is 4.39 Å². The van der Waals surface area contributed by atoms with Gasteiger partial charge in [0.15, 0.2) is 5.78 Å². The molecule has 1 aromatic heterocycles. The summed E-state index contributed by atoms with van der Waals surface area (Å²) < 4.78 is 14.8. The molecule has 3 rings (SSSR count). The van der Waals surface area contributed by atoms with E-state index in [2.05, 4.69) is 15.5 Å². The fourth-order valence-corrected chi connectivity index (χ4v) is 3.15. The molecular formula is C17H15FN4OS. The van der Waals surface area contributed by atoms with Crippen molar-refractivity contribution in [2.24, 2.45) is 0 Å². The Balaban J connectivity index is 1.76. The Morgan fingerprint density at radius 1 is 1.21 bits per heavy atom. The fourth-order valence-electron chi connectivity index (χ4n) is 2.37. The second-order valence-corrected chi connectivity index (χ2v) is 6.33. The fraction of sp³-hybridized carbons (Fsp3) is 0.176. The lowest BCUT2D eigenvalue weighted by atomic mass is 10.0. The van der Waals surface area contributed by atoms with Crippen LogP contribution in [0.15, 0.2) is 47.6 Å². The predicted octanol–water partition coefficient (Wildman–Crippen LogP) is 3.39. The minimum Gasteiger partial charge on any atom is -0.293 e. The van der Waals surface area contributed by atoms with Crippen LogP contribution in [0.1, 0.15) is 21.5 Å². The van der Waals surface area contributed by atoms with E-state index in [0.717, 1.165) is 11.1 Å². The Hall–Kier alpha value is -2.54. The van der Waals surface area contributed by atoms with Gasteiger partial charge in [-0.05, 0) is 48.0 Å². The molecule has 24 heavy (non-hydrogen) atoms. The lowest BCUT2D eigenvalue weighted by molar-refractivity contribution is 0.102. The molecule has 1 heterocycles. The number of thioether (sulfide) groups is 1. The Kier molecular flexibility index (Phi) is 4.71. The van der Waals surface area contributed by atoms with Gasteiger partial charge in [0.05, 0.1) is 11.4 Å². The van der Waals surface area contributed by atoms with E-state index in [9.17, 15) is 9.18 Å². The van der Waals surface area contributed by atoms with E-state index in [1.165, 1.54) is 28.6 Å². The molecule has 0 saturated heterocycles. The number of hydrogen-bond donors (Lipinski definition) is 0. The van der Waals surface area contributed by atoms with E-state index in [-0.39, 0.29) is 17.4 Å². The first kappa shape index (κ1) is 16.3. The smallest absolute Gasteiger partial charge is 0.214 e. The van der Waals surface area contributed by atoms with Crippen LogP contribution in [0.2, 0.25) is 0 Å². The molecule has 0 radical (unpaired) electrons. The van der Waals surface area contributed by atoms with Crippen LogP contribution in [0.5, 0.6) is 0 Å². The maximum atomic E-state index is 13.4. The van der Waals surface area contributed by atoms with Crippen molar-refractivity contribution in [3.63, 3.8) is 0 Å². The molecule has 3 aromatic rings. The molecule has 7 heteroatoms. The third-order valence-corrected chi connectivity index (χ3v) is 4.43. The first-order chi connectivity index (χ1) is 11.5. The van der Waals surface area contributed by atoms with Crippen LogP contribution in [0.25, 0.3) is 5.69 Å². The van der Waals surface area contributed by atoms with E-state index in [4.69, 9.17) is 0 Å². The quantitative estimate of drug-likeness (QED) is 0.525. The van der Waals surface area contributed by atoms with Gasteiger partial charge in [0, 0.05) is 5.56 Å². The van der Waals surface area contributed by atoms with Crippen LogP contribution < -0.4 is 0 Å². The van der Waals surface area contributed by atoms with Crippen LogP contribution in [0.3, 0.4) is 0 Å². The van der Waals surface area contributed by atoms with Gasteiger partial charge in [-0.1, -0.05) is 41.6 Å². The maximum absolute atomic E-state index is 13.4. The number of nitrogens with zero attached hydrogens (tertiary/aromatic N) is 4. The zero-order valence-corrected chi connectivity index (χ0v) is 14.0. The highest BCUT2D eigenvalue weighted by Crippen LogP contribution is 2.21. The van der Waals surface area contributed by atoms with E-state index >= 15 is 0 Å². The number of aryl methyl sites for hydroxylation is 2. The van der Waals surface area contributed by atoms with E-state index in [0.29, 0.717) is 16.4 Å². The summed E-state index contributed by atoms with van der Waals surface area (Å²) >= 11 is 1.23. The number of aromatic nitrogens is 4. The summed E-state index contributed by atoms with van der Waals surface area (Å²) in [4.78, 5) is 12.4. The van der Waals surface area contributed by atoms with Crippen molar-refractivity contribution >= 4 is 17.5 Å². The number of ketones is 1. The predicted molar refractivity (Wildman–Crippen MR) is 90.1 cm³/mol. The summed E-state index contributed by atoms with van der Waals surface area (Å²) in [6.45, 7) is 3.91. The zero-order chi connectivity index (χ0) is 17.1. The van der Waals surface area contributed by atoms with Gasteiger partial charge in [-0.3, -0.25) is 4.79 Å².